The highest BCUT2D eigenvalue weighted by molar-refractivity contribution is 7.87. The molecule has 17 heavy (non-hydrogen) atoms. The van der Waals surface area contributed by atoms with Gasteiger partial charge in [0.05, 0.1) is 13.0 Å². The first-order valence-corrected chi connectivity index (χ1v) is 5.35. The Bertz CT molecular complexity index is 386. The highest BCUT2D eigenvalue weighted by Gasteiger charge is 2.33. The molecule has 0 aromatic carbocycles. The molecule has 0 aliphatic heterocycles. The zero-order chi connectivity index (χ0) is 14.2. The normalized spacial score (nSPS) is 11.9. The van der Waals surface area contributed by atoms with Gasteiger partial charge in [-0.2, -0.15) is 8.42 Å². The van der Waals surface area contributed by atoms with E-state index in [2.05, 4.69) is 5.73 Å². The number of carboxylic acid groups (broad SMARTS) is 3. The van der Waals surface area contributed by atoms with Gasteiger partial charge in [-0.05, 0) is 0 Å². The van der Waals surface area contributed by atoms with Gasteiger partial charge in [0.25, 0.3) is 10.1 Å². The molecule has 0 aromatic heterocycles. The Morgan fingerprint density at radius 1 is 1.06 bits per heavy atom. The van der Waals surface area contributed by atoms with Gasteiger partial charge in [0.15, 0.2) is 5.25 Å². The van der Waals surface area contributed by atoms with Crippen molar-refractivity contribution in [3.8, 4) is 0 Å². The van der Waals surface area contributed by atoms with Crippen molar-refractivity contribution in [2.24, 2.45) is 5.73 Å². The molecule has 0 spiro atoms. The molecule has 0 heterocycles. The topological polar surface area (TPSA) is 192 Å². The summed E-state index contributed by atoms with van der Waals surface area (Å²) in [6, 6.07) is 0. The molecule has 0 amide bonds. The van der Waals surface area contributed by atoms with Crippen LogP contribution < -0.4 is 5.73 Å². The summed E-state index contributed by atoms with van der Waals surface area (Å²) in [5, 5.41) is 21.5. The minimum atomic E-state index is -4.84. The molecule has 0 rings (SSSR count). The first kappa shape index (κ1) is 17.7. The third-order valence-electron chi connectivity index (χ3n) is 1.17. The van der Waals surface area contributed by atoms with Gasteiger partial charge in [0, 0.05) is 0 Å². The van der Waals surface area contributed by atoms with Gasteiger partial charge in [-0.15, -0.1) is 0 Å². The molecule has 6 N–H and O–H groups in total. The van der Waals surface area contributed by atoms with Gasteiger partial charge in [0.2, 0.25) is 0 Å². The fourth-order valence-electron chi connectivity index (χ4n) is 0.479. The van der Waals surface area contributed by atoms with Crippen LogP contribution in [0.25, 0.3) is 0 Å². The summed E-state index contributed by atoms with van der Waals surface area (Å²) in [5.74, 6) is -4.47. The van der Waals surface area contributed by atoms with Crippen molar-refractivity contribution in [2.75, 3.05) is 6.54 Å². The third-order valence-corrected chi connectivity index (χ3v) is 2.26. The fourth-order valence-corrected chi connectivity index (χ4v) is 1.09. The number of hydrogen-bond donors (Lipinski definition) is 5. The Morgan fingerprint density at radius 3 is 1.47 bits per heavy atom. The molecule has 0 saturated carbocycles. The smallest absolute Gasteiger partial charge is 0.325 e. The summed E-state index contributed by atoms with van der Waals surface area (Å²) in [6.45, 7) is -0.278. The minimum Gasteiger partial charge on any atom is -0.481 e. The highest BCUT2D eigenvalue weighted by Crippen LogP contribution is 2.04. The van der Waals surface area contributed by atoms with Crippen molar-refractivity contribution in [2.45, 2.75) is 11.7 Å². The van der Waals surface area contributed by atoms with Crippen molar-refractivity contribution >= 4 is 28.0 Å². The minimum absolute atomic E-state index is 0.278. The molecule has 0 aliphatic rings. The van der Waals surface area contributed by atoms with E-state index in [1.54, 1.807) is 0 Å². The van der Waals surface area contributed by atoms with Crippen LogP contribution in [0.4, 0.5) is 0 Å². The maximum Gasteiger partial charge on any atom is 0.325 e. The molecule has 100 valence electrons. The van der Waals surface area contributed by atoms with Crippen molar-refractivity contribution in [3.05, 3.63) is 0 Å². The lowest BCUT2D eigenvalue weighted by Crippen LogP contribution is -2.31. The molecule has 0 aromatic rings. The molecule has 0 fully saturated rings. The van der Waals surface area contributed by atoms with E-state index in [-0.39, 0.29) is 6.54 Å². The van der Waals surface area contributed by atoms with Crippen LogP contribution >= 0.6 is 0 Å². The molecule has 1 atom stereocenters. The zero-order valence-corrected chi connectivity index (χ0v) is 9.12. The van der Waals surface area contributed by atoms with Gasteiger partial charge >= 0.3 is 17.9 Å². The van der Waals surface area contributed by atoms with Gasteiger partial charge < -0.3 is 21.1 Å². The van der Waals surface area contributed by atoms with E-state index in [1.165, 1.54) is 0 Å². The van der Waals surface area contributed by atoms with Gasteiger partial charge in [-0.25, -0.2) is 0 Å². The predicted molar refractivity (Wildman–Crippen MR) is 51.9 cm³/mol. The van der Waals surface area contributed by atoms with Crippen LogP contribution in [0.15, 0.2) is 0 Å². The largest absolute Gasteiger partial charge is 0.481 e. The molecular formula is C6H11NO9S. The van der Waals surface area contributed by atoms with E-state index < -0.39 is 39.7 Å². The van der Waals surface area contributed by atoms with Crippen molar-refractivity contribution in [1.29, 1.82) is 0 Å². The maximum atomic E-state index is 10.2. The van der Waals surface area contributed by atoms with Crippen molar-refractivity contribution in [3.63, 3.8) is 0 Å². The highest BCUT2D eigenvalue weighted by atomic mass is 32.2. The summed E-state index contributed by atoms with van der Waals surface area (Å²) in [4.78, 5) is 29.2. The third kappa shape index (κ3) is 10.6. The van der Waals surface area contributed by atoms with Crippen LogP contribution in [0.1, 0.15) is 6.42 Å². The molecule has 0 bridgehead atoms. The predicted octanol–water partition coefficient (Wildman–Crippen LogP) is -2.17. The number of carboxylic acids is 3. The number of hydrogen-bond acceptors (Lipinski definition) is 6. The fraction of sp³-hybridized carbons (Fsp3) is 0.500. The van der Waals surface area contributed by atoms with Gasteiger partial charge in [-0.1, -0.05) is 0 Å². The zero-order valence-electron chi connectivity index (χ0n) is 8.31. The Balaban J connectivity index is 0. The molecule has 0 aliphatic carbocycles. The van der Waals surface area contributed by atoms with Crippen LogP contribution in [0.2, 0.25) is 0 Å². The van der Waals surface area contributed by atoms with Gasteiger partial charge in [0.1, 0.15) is 0 Å². The van der Waals surface area contributed by atoms with E-state index in [4.69, 9.17) is 19.9 Å². The number of rotatable bonds is 5. The van der Waals surface area contributed by atoms with E-state index >= 15 is 0 Å². The SMILES string of the molecule is NCC(=O)O.O=C(O)CC(C(=O)O)S(=O)(=O)O. The lowest BCUT2D eigenvalue weighted by molar-refractivity contribution is -0.143. The molecule has 10 nitrogen and oxygen atoms in total. The van der Waals surface area contributed by atoms with E-state index in [0.29, 0.717) is 0 Å². The maximum absolute atomic E-state index is 10.2. The summed E-state index contributed by atoms with van der Waals surface area (Å²) in [6.07, 6.45) is -1.16. The van der Waals surface area contributed by atoms with Crippen LogP contribution in [0.3, 0.4) is 0 Å². The summed E-state index contributed by atoms with van der Waals surface area (Å²) in [7, 11) is -4.84. The first-order valence-electron chi connectivity index (χ1n) is 3.85. The Labute approximate surface area is 95.4 Å². The molecule has 0 saturated heterocycles. The summed E-state index contributed by atoms with van der Waals surface area (Å²) < 4.78 is 28.7. The second-order valence-electron chi connectivity index (χ2n) is 2.54. The summed E-state index contributed by atoms with van der Waals surface area (Å²) in [5.41, 5.74) is 4.57. The molecule has 11 heteroatoms. The van der Waals surface area contributed by atoms with E-state index in [9.17, 15) is 22.8 Å². The average molecular weight is 273 g/mol. The summed E-state index contributed by atoms with van der Waals surface area (Å²) >= 11 is 0. The van der Waals surface area contributed by atoms with Crippen LogP contribution in [-0.2, 0) is 24.5 Å². The van der Waals surface area contributed by atoms with Crippen LogP contribution in [0, 0.1) is 0 Å². The Kier molecular flexibility index (Phi) is 7.83. The number of carbonyl (C=O) groups is 3. The second kappa shape index (κ2) is 7.54. The van der Waals surface area contributed by atoms with Crippen molar-refractivity contribution in [1.82, 2.24) is 0 Å². The average Bonchev–Trinajstić information content (AvgIpc) is 2.12. The molecular weight excluding hydrogens is 262 g/mol. The van der Waals surface area contributed by atoms with Crippen molar-refractivity contribution < 1.29 is 42.7 Å². The Morgan fingerprint density at radius 2 is 1.41 bits per heavy atom. The van der Waals surface area contributed by atoms with E-state index in [1.807, 2.05) is 0 Å². The molecule has 1 unspecified atom stereocenters. The number of nitrogens with two attached hydrogens (primary N) is 1. The standard InChI is InChI=1S/C4H6O7S.C2H5NO2/c5-3(6)1-2(4(7)8)12(9,10)11;3-1-2(4)5/h2H,1H2,(H,5,6)(H,7,8)(H,9,10,11);1,3H2,(H,4,5). The van der Waals surface area contributed by atoms with Crippen LogP contribution in [0.5, 0.6) is 0 Å². The second-order valence-corrected chi connectivity index (χ2v) is 4.14. The van der Waals surface area contributed by atoms with Crippen LogP contribution in [-0.4, -0.2) is 58.0 Å². The lowest BCUT2D eigenvalue weighted by atomic mass is 10.3. The van der Waals surface area contributed by atoms with Gasteiger partial charge in [-0.3, -0.25) is 18.9 Å². The number of aliphatic carboxylic acids is 3. The van der Waals surface area contributed by atoms with E-state index in [0.717, 1.165) is 0 Å². The molecule has 0 radical (unpaired) electrons. The monoisotopic (exact) mass is 273 g/mol. The first-order chi connectivity index (χ1) is 7.52. The lowest BCUT2D eigenvalue weighted by Gasteiger charge is -2.04. The quantitative estimate of drug-likeness (QED) is 0.344. The Hall–Kier alpha value is -1.72.